The lowest BCUT2D eigenvalue weighted by atomic mass is 9.95. The van der Waals surface area contributed by atoms with Gasteiger partial charge in [-0.3, -0.25) is 14.8 Å². The number of aliphatic hydroxyl groups excluding tert-OH is 2. The molecule has 0 amide bonds. The quantitative estimate of drug-likeness (QED) is 0.574. The van der Waals surface area contributed by atoms with Crippen molar-refractivity contribution in [3.05, 3.63) is 57.4 Å². The topological polar surface area (TPSA) is 112 Å². The van der Waals surface area contributed by atoms with Gasteiger partial charge in [-0.2, -0.15) is 0 Å². The van der Waals surface area contributed by atoms with Gasteiger partial charge in [0.25, 0.3) is 0 Å². The van der Waals surface area contributed by atoms with E-state index in [4.69, 9.17) is 22.1 Å². The number of nitrogens with two attached hydrogens (primary N) is 1. The number of piperazine rings is 1. The van der Waals surface area contributed by atoms with Crippen molar-refractivity contribution in [1.29, 1.82) is 0 Å². The SMILES string of the molecule is Cc1c([C@@H](O)CN2CCN(CC(O)c3ncc(N)cc3Cl)CC2)ccc2c1COC2=O. The third-order valence-corrected chi connectivity index (χ3v) is 6.40. The number of carbonyl (C=O) groups is 1. The summed E-state index contributed by atoms with van der Waals surface area (Å²) in [7, 11) is 0. The number of nitrogens with zero attached hydrogens (tertiary/aromatic N) is 3. The van der Waals surface area contributed by atoms with Crippen molar-refractivity contribution in [1.82, 2.24) is 14.8 Å². The fourth-order valence-electron chi connectivity index (χ4n) is 4.27. The van der Waals surface area contributed by atoms with Crippen LogP contribution in [0.25, 0.3) is 0 Å². The fourth-order valence-corrected chi connectivity index (χ4v) is 4.57. The van der Waals surface area contributed by atoms with E-state index in [1.54, 1.807) is 12.1 Å². The Morgan fingerprint density at radius 2 is 1.81 bits per heavy atom. The number of fused-ring (bicyclic) bond motifs is 1. The molecule has 0 saturated carbocycles. The molecule has 8 nitrogen and oxygen atoms in total. The van der Waals surface area contributed by atoms with Gasteiger partial charge in [-0.15, -0.1) is 0 Å². The van der Waals surface area contributed by atoms with E-state index in [0.717, 1.165) is 42.9 Å². The summed E-state index contributed by atoms with van der Waals surface area (Å²) in [5.41, 5.74) is 9.78. The van der Waals surface area contributed by atoms with E-state index < -0.39 is 12.2 Å². The molecule has 0 bridgehead atoms. The molecule has 166 valence electrons. The number of nitrogen functional groups attached to an aromatic ring is 1. The molecule has 4 rings (SSSR count). The summed E-state index contributed by atoms with van der Waals surface area (Å²) in [6.07, 6.45) is 0.0624. The lowest BCUT2D eigenvalue weighted by molar-refractivity contribution is 0.0471. The second-order valence-corrected chi connectivity index (χ2v) is 8.56. The molecule has 3 heterocycles. The molecule has 2 aliphatic rings. The minimum absolute atomic E-state index is 0.272. The molecule has 1 saturated heterocycles. The number of pyridine rings is 1. The maximum Gasteiger partial charge on any atom is 0.338 e. The van der Waals surface area contributed by atoms with E-state index >= 15 is 0 Å². The summed E-state index contributed by atoms with van der Waals surface area (Å²) in [6, 6.07) is 5.16. The number of anilines is 1. The van der Waals surface area contributed by atoms with Gasteiger partial charge in [0.2, 0.25) is 0 Å². The molecular formula is C22H27ClN4O4. The van der Waals surface area contributed by atoms with Gasteiger partial charge in [0.15, 0.2) is 0 Å². The lowest BCUT2D eigenvalue weighted by Crippen LogP contribution is -2.48. The minimum atomic E-state index is -0.788. The van der Waals surface area contributed by atoms with E-state index in [1.165, 1.54) is 6.20 Å². The fraction of sp³-hybridized carbons (Fsp3) is 0.455. The number of β-amino-alcohol motifs (C(OH)–C–C–N with tert-alkyl or cyclic N) is 2. The second kappa shape index (κ2) is 9.10. The summed E-state index contributed by atoms with van der Waals surface area (Å²) in [6.45, 7) is 6.23. The molecule has 1 aromatic heterocycles. The van der Waals surface area contributed by atoms with Gasteiger partial charge in [-0.1, -0.05) is 17.7 Å². The maximum atomic E-state index is 11.7. The average molecular weight is 447 g/mol. The Morgan fingerprint density at radius 3 is 2.45 bits per heavy atom. The molecule has 2 atom stereocenters. The van der Waals surface area contributed by atoms with Gasteiger partial charge >= 0.3 is 5.97 Å². The number of aromatic nitrogens is 1. The van der Waals surface area contributed by atoms with Crippen LogP contribution in [0.5, 0.6) is 0 Å². The minimum Gasteiger partial charge on any atom is -0.457 e. The van der Waals surface area contributed by atoms with Crippen molar-refractivity contribution in [2.24, 2.45) is 0 Å². The first-order valence-corrected chi connectivity index (χ1v) is 10.7. The average Bonchev–Trinajstić information content (AvgIpc) is 3.11. The number of ether oxygens (including phenoxy) is 1. The van der Waals surface area contributed by atoms with E-state index in [9.17, 15) is 15.0 Å². The van der Waals surface area contributed by atoms with Gasteiger partial charge in [0, 0.05) is 44.8 Å². The summed E-state index contributed by atoms with van der Waals surface area (Å²) in [4.78, 5) is 20.2. The molecule has 0 aliphatic carbocycles. The number of benzene rings is 1. The van der Waals surface area contributed by atoms with Crippen molar-refractivity contribution in [2.45, 2.75) is 25.7 Å². The molecule has 1 fully saturated rings. The Bertz CT molecular complexity index is 978. The predicted molar refractivity (Wildman–Crippen MR) is 117 cm³/mol. The summed E-state index contributed by atoms with van der Waals surface area (Å²) < 4.78 is 5.10. The van der Waals surface area contributed by atoms with E-state index in [1.807, 2.05) is 13.0 Å². The highest BCUT2D eigenvalue weighted by Crippen LogP contribution is 2.30. The Hall–Kier alpha value is -2.23. The summed E-state index contributed by atoms with van der Waals surface area (Å²) >= 11 is 6.15. The van der Waals surface area contributed by atoms with Gasteiger partial charge < -0.3 is 20.7 Å². The first-order valence-electron chi connectivity index (χ1n) is 10.3. The summed E-state index contributed by atoms with van der Waals surface area (Å²) in [5.74, 6) is -0.298. The Labute approximate surface area is 186 Å². The van der Waals surface area contributed by atoms with Crippen LogP contribution in [0.1, 0.15) is 45.0 Å². The van der Waals surface area contributed by atoms with Crippen LogP contribution in [-0.4, -0.2) is 70.2 Å². The highest BCUT2D eigenvalue weighted by Gasteiger charge is 2.27. The monoisotopic (exact) mass is 446 g/mol. The number of aliphatic hydroxyl groups is 2. The molecule has 9 heteroatoms. The first kappa shape index (κ1) is 22.0. The van der Waals surface area contributed by atoms with Crippen molar-refractivity contribution in [2.75, 3.05) is 45.0 Å². The van der Waals surface area contributed by atoms with Crippen LogP contribution in [0.3, 0.4) is 0 Å². The third-order valence-electron chi connectivity index (χ3n) is 6.10. The normalized spacial score (nSPS) is 19.2. The third kappa shape index (κ3) is 4.68. The molecule has 0 radical (unpaired) electrons. The molecule has 0 spiro atoms. The highest BCUT2D eigenvalue weighted by atomic mass is 35.5. The zero-order chi connectivity index (χ0) is 22.1. The molecule has 4 N–H and O–H groups in total. The lowest BCUT2D eigenvalue weighted by Gasteiger charge is -2.36. The van der Waals surface area contributed by atoms with Crippen LogP contribution in [0, 0.1) is 6.92 Å². The Kier molecular flexibility index (Phi) is 6.45. The maximum absolute atomic E-state index is 11.7. The molecule has 1 unspecified atom stereocenters. The largest absolute Gasteiger partial charge is 0.457 e. The van der Waals surface area contributed by atoms with Gasteiger partial charge in [0.05, 0.1) is 34.3 Å². The standard InChI is InChI=1S/C22H27ClN4O4/c1-13-15(2-3-16-17(13)12-31-22(16)30)19(28)10-26-4-6-27(7-5-26)11-20(29)21-18(23)8-14(24)9-25-21/h2-3,8-9,19-20,28-29H,4-7,10-12,24H2,1H3/t19-,20?/m0/s1. The van der Waals surface area contributed by atoms with Gasteiger partial charge in [-0.25, -0.2) is 4.79 Å². The van der Waals surface area contributed by atoms with E-state index in [-0.39, 0.29) is 12.6 Å². The molecular weight excluding hydrogens is 420 g/mol. The van der Waals surface area contributed by atoms with Crippen molar-refractivity contribution < 1.29 is 19.7 Å². The van der Waals surface area contributed by atoms with Crippen LogP contribution >= 0.6 is 11.6 Å². The van der Waals surface area contributed by atoms with Crippen molar-refractivity contribution >= 4 is 23.3 Å². The molecule has 31 heavy (non-hydrogen) atoms. The zero-order valence-electron chi connectivity index (χ0n) is 17.4. The van der Waals surface area contributed by atoms with Crippen molar-refractivity contribution in [3.63, 3.8) is 0 Å². The van der Waals surface area contributed by atoms with E-state index in [0.29, 0.717) is 35.1 Å². The number of rotatable bonds is 6. The number of cyclic esters (lactones) is 1. The number of hydrogen-bond acceptors (Lipinski definition) is 8. The van der Waals surface area contributed by atoms with Crippen LogP contribution in [-0.2, 0) is 11.3 Å². The van der Waals surface area contributed by atoms with Gasteiger partial charge in [0.1, 0.15) is 12.7 Å². The summed E-state index contributed by atoms with van der Waals surface area (Å²) in [5, 5.41) is 21.7. The van der Waals surface area contributed by atoms with Crippen LogP contribution in [0.15, 0.2) is 24.4 Å². The Balaban J connectivity index is 1.31. The van der Waals surface area contributed by atoms with Crippen LogP contribution < -0.4 is 5.73 Å². The highest BCUT2D eigenvalue weighted by molar-refractivity contribution is 6.31. The number of carbonyl (C=O) groups excluding carboxylic acids is 1. The van der Waals surface area contributed by atoms with Gasteiger partial charge in [-0.05, 0) is 30.2 Å². The molecule has 2 aromatic rings. The zero-order valence-corrected chi connectivity index (χ0v) is 18.2. The number of halogens is 1. The molecule has 2 aliphatic heterocycles. The first-order chi connectivity index (χ1) is 14.8. The number of hydrogen-bond donors (Lipinski definition) is 3. The van der Waals surface area contributed by atoms with Crippen molar-refractivity contribution in [3.8, 4) is 0 Å². The number of esters is 1. The second-order valence-electron chi connectivity index (χ2n) is 8.15. The Morgan fingerprint density at radius 1 is 1.16 bits per heavy atom. The predicted octanol–water partition coefficient (Wildman–Crippen LogP) is 1.68. The molecule has 1 aromatic carbocycles. The smallest absolute Gasteiger partial charge is 0.338 e. The van der Waals surface area contributed by atoms with Crippen LogP contribution in [0.4, 0.5) is 5.69 Å². The van der Waals surface area contributed by atoms with Crippen LogP contribution in [0.2, 0.25) is 5.02 Å². The van der Waals surface area contributed by atoms with E-state index in [2.05, 4.69) is 14.8 Å².